The van der Waals surface area contributed by atoms with Crippen LogP contribution in [0.3, 0.4) is 0 Å². The molecule has 1 fully saturated rings. The number of nitrogens with one attached hydrogen (secondary N) is 1. The maximum atomic E-state index is 12.2. The number of hydrogen-bond donors (Lipinski definition) is 2. The maximum Gasteiger partial charge on any atom is 0.410 e. The Kier molecular flexibility index (Phi) is 7.29. The van der Waals surface area contributed by atoms with E-state index >= 15 is 0 Å². The first-order chi connectivity index (χ1) is 11.8. The van der Waals surface area contributed by atoms with Crippen molar-refractivity contribution >= 4 is 18.2 Å². The fourth-order valence-electron chi connectivity index (χ4n) is 2.77. The number of likely N-dealkylation sites (tertiary alicyclic amines) is 1. The molecule has 2 atom stereocenters. The molecule has 0 aromatic heterocycles. The molecule has 0 saturated carbocycles. The van der Waals surface area contributed by atoms with Crippen LogP contribution in [0.2, 0.25) is 0 Å². The molecule has 150 valence electrons. The SMILES string of the molecule is CC(C)(C)OC(=O)NC[C@@H]1CCN(C(=O)OC(C)(C)C)CC[C@@H]1C(=O)O. The van der Waals surface area contributed by atoms with Gasteiger partial charge in [0.2, 0.25) is 0 Å². The van der Waals surface area contributed by atoms with Gasteiger partial charge in [-0.3, -0.25) is 4.79 Å². The number of carboxylic acids is 1. The zero-order valence-electron chi connectivity index (χ0n) is 16.6. The molecule has 1 heterocycles. The van der Waals surface area contributed by atoms with Gasteiger partial charge in [-0.15, -0.1) is 0 Å². The van der Waals surface area contributed by atoms with Crippen molar-refractivity contribution in [3.8, 4) is 0 Å². The number of carbonyl (C=O) groups is 3. The second-order valence-corrected chi connectivity index (χ2v) is 8.63. The summed E-state index contributed by atoms with van der Waals surface area (Å²) < 4.78 is 10.6. The minimum atomic E-state index is -0.924. The number of alkyl carbamates (subject to hydrolysis) is 1. The molecule has 1 aliphatic rings. The summed E-state index contributed by atoms with van der Waals surface area (Å²) in [5.74, 6) is -1.85. The van der Waals surface area contributed by atoms with Crippen molar-refractivity contribution in [3.63, 3.8) is 0 Å². The number of aliphatic carboxylic acids is 1. The van der Waals surface area contributed by atoms with Crippen molar-refractivity contribution in [3.05, 3.63) is 0 Å². The molecule has 0 aliphatic carbocycles. The van der Waals surface area contributed by atoms with Crippen LogP contribution in [0.15, 0.2) is 0 Å². The third kappa shape index (κ3) is 7.93. The van der Waals surface area contributed by atoms with Gasteiger partial charge in [0.1, 0.15) is 11.2 Å². The van der Waals surface area contributed by atoms with E-state index in [1.54, 1.807) is 41.5 Å². The van der Waals surface area contributed by atoms with Crippen LogP contribution in [-0.2, 0) is 14.3 Å². The number of rotatable bonds is 3. The van der Waals surface area contributed by atoms with Gasteiger partial charge in [0.05, 0.1) is 5.92 Å². The molecule has 0 unspecified atom stereocenters. The fraction of sp³-hybridized carbons (Fsp3) is 0.833. The molecule has 2 amide bonds. The van der Waals surface area contributed by atoms with E-state index in [0.717, 1.165) is 0 Å². The zero-order chi connectivity index (χ0) is 20.1. The van der Waals surface area contributed by atoms with Crippen LogP contribution in [0.1, 0.15) is 54.4 Å². The molecule has 0 aromatic carbocycles. The Bertz CT molecular complexity index is 521. The lowest BCUT2D eigenvalue weighted by atomic mass is 9.88. The first-order valence-electron chi connectivity index (χ1n) is 8.96. The summed E-state index contributed by atoms with van der Waals surface area (Å²) in [7, 11) is 0. The molecule has 8 nitrogen and oxygen atoms in total. The highest BCUT2D eigenvalue weighted by Crippen LogP contribution is 2.25. The number of hydrogen-bond acceptors (Lipinski definition) is 5. The third-order valence-corrected chi connectivity index (χ3v) is 3.93. The lowest BCUT2D eigenvalue weighted by Crippen LogP contribution is -2.38. The Morgan fingerprint density at radius 1 is 1.00 bits per heavy atom. The summed E-state index contributed by atoms with van der Waals surface area (Å²) in [6.45, 7) is 11.5. The first kappa shape index (κ1) is 22.1. The number of amides is 2. The average molecular weight is 372 g/mol. The minimum absolute atomic E-state index is 0.189. The molecule has 0 spiro atoms. The average Bonchev–Trinajstić information content (AvgIpc) is 2.63. The third-order valence-electron chi connectivity index (χ3n) is 3.93. The molecule has 1 saturated heterocycles. The van der Waals surface area contributed by atoms with Crippen molar-refractivity contribution in [2.75, 3.05) is 19.6 Å². The summed E-state index contributed by atoms with van der Waals surface area (Å²) in [6.07, 6.45) is -0.237. The molecule has 0 radical (unpaired) electrons. The van der Waals surface area contributed by atoms with E-state index in [0.29, 0.717) is 25.9 Å². The topological polar surface area (TPSA) is 105 Å². The van der Waals surface area contributed by atoms with Gasteiger partial charge in [0.25, 0.3) is 0 Å². The van der Waals surface area contributed by atoms with E-state index in [1.807, 2.05) is 0 Å². The number of carboxylic acid groups (broad SMARTS) is 1. The Morgan fingerprint density at radius 3 is 2.04 bits per heavy atom. The van der Waals surface area contributed by atoms with Crippen LogP contribution >= 0.6 is 0 Å². The van der Waals surface area contributed by atoms with Gasteiger partial charge in [-0.1, -0.05) is 0 Å². The number of nitrogens with zero attached hydrogens (tertiary/aromatic N) is 1. The molecule has 0 bridgehead atoms. The second kappa shape index (κ2) is 8.60. The van der Waals surface area contributed by atoms with E-state index in [1.165, 1.54) is 4.90 Å². The van der Waals surface area contributed by atoms with Crippen LogP contribution < -0.4 is 5.32 Å². The van der Waals surface area contributed by atoms with Gasteiger partial charge in [0, 0.05) is 19.6 Å². The Labute approximate surface area is 155 Å². The fourth-order valence-corrected chi connectivity index (χ4v) is 2.77. The minimum Gasteiger partial charge on any atom is -0.481 e. The van der Waals surface area contributed by atoms with Crippen LogP contribution in [0.4, 0.5) is 9.59 Å². The quantitative estimate of drug-likeness (QED) is 0.789. The molecule has 1 aliphatic heterocycles. The van der Waals surface area contributed by atoms with Gasteiger partial charge in [-0.25, -0.2) is 9.59 Å². The summed E-state index contributed by atoms with van der Waals surface area (Å²) in [5, 5.41) is 12.2. The molecule has 8 heteroatoms. The van der Waals surface area contributed by atoms with Crippen LogP contribution in [-0.4, -0.2) is 59.0 Å². The summed E-state index contributed by atoms with van der Waals surface area (Å²) in [5.41, 5.74) is -1.22. The van der Waals surface area contributed by atoms with Crippen molar-refractivity contribution in [2.45, 2.75) is 65.6 Å². The summed E-state index contributed by atoms with van der Waals surface area (Å²) in [6, 6.07) is 0. The molecular weight excluding hydrogens is 340 g/mol. The Morgan fingerprint density at radius 2 is 1.54 bits per heavy atom. The van der Waals surface area contributed by atoms with Crippen LogP contribution in [0.5, 0.6) is 0 Å². The number of carbonyl (C=O) groups excluding carboxylic acids is 2. The highest BCUT2D eigenvalue weighted by atomic mass is 16.6. The lowest BCUT2D eigenvalue weighted by molar-refractivity contribution is -0.143. The highest BCUT2D eigenvalue weighted by molar-refractivity contribution is 5.72. The highest BCUT2D eigenvalue weighted by Gasteiger charge is 2.34. The van der Waals surface area contributed by atoms with E-state index in [-0.39, 0.29) is 12.5 Å². The molecular formula is C18H32N2O6. The van der Waals surface area contributed by atoms with E-state index < -0.39 is 35.3 Å². The number of ether oxygens (including phenoxy) is 2. The van der Waals surface area contributed by atoms with Crippen molar-refractivity contribution in [1.29, 1.82) is 0 Å². The summed E-state index contributed by atoms with van der Waals surface area (Å²) in [4.78, 5) is 37.2. The summed E-state index contributed by atoms with van der Waals surface area (Å²) >= 11 is 0. The second-order valence-electron chi connectivity index (χ2n) is 8.63. The van der Waals surface area contributed by atoms with Crippen molar-refractivity contribution in [1.82, 2.24) is 10.2 Å². The predicted molar refractivity (Wildman–Crippen MR) is 95.9 cm³/mol. The van der Waals surface area contributed by atoms with E-state index in [4.69, 9.17) is 9.47 Å². The molecule has 26 heavy (non-hydrogen) atoms. The zero-order valence-corrected chi connectivity index (χ0v) is 16.6. The van der Waals surface area contributed by atoms with Crippen molar-refractivity contribution in [2.24, 2.45) is 11.8 Å². The van der Waals surface area contributed by atoms with Crippen LogP contribution in [0.25, 0.3) is 0 Å². The molecule has 0 aromatic rings. The Hall–Kier alpha value is -1.99. The largest absolute Gasteiger partial charge is 0.481 e. The molecule has 1 rings (SSSR count). The van der Waals surface area contributed by atoms with Gasteiger partial charge in [-0.2, -0.15) is 0 Å². The Balaban J connectivity index is 2.69. The smallest absolute Gasteiger partial charge is 0.410 e. The monoisotopic (exact) mass is 372 g/mol. The van der Waals surface area contributed by atoms with Gasteiger partial charge >= 0.3 is 18.2 Å². The predicted octanol–water partition coefficient (Wildman–Crippen LogP) is 2.86. The maximum absolute atomic E-state index is 12.2. The van der Waals surface area contributed by atoms with E-state index in [2.05, 4.69) is 5.32 Å². The van der Waals surface area contributed by atoms with Crippen LogP contribution in [0, 0.1) is 11.8 Å². The van der Waals surface area contributed by atoms with Gasteiger partial charge in [0.15, 0.2) is 0 Å². The van der Waals surface area contributed by atoms with Gasteiger partial charge in [-0.05, 0) is 60.3 Å². The van der Waals surface area contributed by atoms with E-state index in [9.17, 15) is 19.5 Å². The lowest BCUT2D eigenvalue weighted by Gasteiger charge is -2.26. The normalized spacial score (nSPS) is 21.5. The van der Waals surface area contributed by atoms with Gasteiger partial charge < -0.3 is 24.8 Å². The standard InChI is InChI=1S/C18H32N2O6/c1-17(2,3)25-15(23)19-11-12-7-9-20(10-8-13(12)14(21)22)16(24)26-18(4,5)6/h12-13H,7-11H2,1-6H3,(H,19,23)(H,21,22)/t12-,13-/m0/s1. The first-order valence-corrected chi connectivity index (χ1v) is 8.96. The molecule has 2 N–H and O–H groups in total. The van der Waals surface area contributed by atoms with Crippen molar-refractivity contribution < 1.29 is 29.0 Å².